The number of aryl methyl sites for hydroxylation is 1. The van der Waals surface area contributed by atoms with E-state index in [1.165, 1.54) is 17.0 Å². The number of aromatic hydroxyl groups is 1. The molecule has 1 aliphatic rings. The van der Waals surface area contributed by atoms with Crippen molar-refractivity contribution >= 4 is 17.8 Å². The molecule has 10 nitrogen and oxygen atoms in total. The van der Waals surface area contributed by atoms with Crippen LogP contribution >= 0.6 is 0 Å². The second-order valence-corrected chi connectivity index (χ2v) is 7.30. The summed E-state index contributed by atoms with van der Waals surface area (Å²) in [6.07, 6.45) is 5.07. The lowest BCUT2D eigenvalue weighted by Gasteiger charge is -2.17. The Morgan fingerprint density at radius 2 is 2.06 bits per heavy atom. The Balaban J connectivity index is 1.39. The van der Waals surface area contributed by atoms with Crippen molar-refractivity contribution in [1.82, 2.24) is 25.0 Å². The number of hydrogen-bond acceptors (Lipinski definition) is 7. The molecule has 1 atom stereocenters. The number of nitrogens with two attached hydrogens (primary N) is 1. The number of carbonyl (C=O) groups is 2. The Hall–Kier alpha value is -4.08. The van der Waals surface area contributed by atoms with Crippen LogP contribution in [0.5, 0.6) is 11.5 Å². The summed E-state index contributed by atoms with van der Waals surface area (Å²) in [4.78, 5) is 30.8. The molecule has 0 bridgehead atoms. The minimum Gasteiger partial charge on any atom is -0.504 e. The van der Waals surface area contributed by atoms with E-state index in [1.54, 1.807) is 42.3 Å². The number of pyridine rings is 1. The van der Waals surface area contributed by atoms with Crippen LogP contribution in [-0.2, 0) is 7.05 Å². The standard InChI is InChI=1S/C21H22N6O4/c1-26-11-14(10-24-26)13-8-16(19(22)23-9-13)20(29)25-15-6-7-27(12-15)21(30)31-18-5-3-2-4-17(18)28/h2-5,8-11,15,28H,6-7,12H2,1H3,(H2,22,23)(H,25,29)/t15-/m1/s1. The Morgan fingerprint density at radius 3 is 2.81 bits per heavy atom. The van der Waals surface area contributed by atoms with Gasteiger partial charge in [-0.3, -0.25) is 9.48 Å². The van der Waals surface area contributed by atoms with E-state index in [2.05, 4.69) is 15.4 Å². The van der Waals surface area contributed by atoms with Crippen molar-refractivity contribution in [3.63, 3.8) is 0 Å². The van der Waals surface area contributed by atoms with Crippen molar-refractivity contribution in [3.05, 3.63) is 54.5 Å². The van der Waals surface area contributed by atoms with Crippen LogP contribution in [0, 0.1) is 0 Å². The number of nitrogens with one attached hydrogen (secondary N) is 1. The third kappa shape index (κ3) is 4.42. The molecule has 3 aromatic rings. The van der Waals surface area contributed by atoms with Gasteiger partial charge in [-0.05, 0) is 24.6 Å². The Bertz CT molecular complexity index is 1130. The average Bonchev–Trinajstić information content (AvgIpc) is 3.39. The lowest BCUT2D eigenvalue weighted by molar-refractivity contribution is 0.0937. The van der Waals surface area contributed by atoms with Crippen molar-refractivity contribution < 1.29 is 19.4 Å². The van der Waals surface area contributed by atoms with E-state index in [1.807, 2.05) is 6.20 Å². The number of likely N-dealkylation sites (tertiary alicyclic amines) is 1. The molecule has 4 N–H and O–H groups in total. The number of rotatable bonds is 4. The minimum atomic E-state index is -0.585. The van der Waals surface area contributed by atoms with E-state index < -0.39 is 6.09 Å². The summed E-state index contributed by atoms with van der Waals surface area (Å²) in [6, 6.07) is 7.66. The predicted molar refractivity (Wildman–Crippen MR) is 112 cm³/mol. The van der Waals surface area contributed by atoms with Crippen molar-refractivity contribution in [2.45, 2.75) is 12.5 Å². The SMILES string of the molecule is Cn1cc(-c2cnc(N)c(C(=O)N[C@@H]3CCN(C(=O)Oc4ccccc4O)C3)c2)cn1. The van der Waals surface area contributed by atoms with Crippen LogP contribution in [0.4, 0.5) is 10.6 Å². The molecule has 1 saturated heterocycles. The molecule has 2 amide bonds. The first-order valence-electron chi connectivity index (χ1n) is 9.71. The predicted octanol–water partition coefficient (Wildman–Crippen LogP) is 1.77. The summed E-state index contributed by atoms with van der Waals surface area (Å²) in [7, 11) is 1.80. The zero-order valence-corrected chi connectivity index (χ0v) is 16.9. The number of carbonyl (C=O) groups excluding carboxylic acids is 2. The van der Waals surface area contributed by atoms with Crippen molar-refractivity contribution in [2.24, 2.45) is 7.05 Å². The molecule has 0 spiro atoms. The molecular formula is C21H22N6O4. The Kier molecular flexibility index (Phi) is 5.44. The van der Waals surface area contributed by atoms with E-state index in [-0.39, 0.29) is 41.4 Å². The number of aromatic nitrogens is 3. The van der Waals surface area contributed by atoms with Crippen LogP contribution in [0.3, 0.4) is 0 Å². The first-order valence-corrected chi connectivity index (χ1v) is 9.71. The third-order valence-corrected chi connectivity index (χ3v) is 5.05. The van der Waals surface area contributed by atoms with Gasteiger partial charge in [-0.1, -0.05) is 12.1 Å². The van der Waals surface area contributed by atoms with Gasteiger partial charge < -0.3 is 25.8 Å². The van der Waals surface area contributed by atoms with Gasteiger partial charge in [0.25, 0.3) is 5.91 Å². The van der Waals surface area contributed by atoms with E-state index in [0.29, 0.717) is 13.0 Å². The van der Waals surface area contributed by atoms with Crippen LogP contribution < -0.4 is 15.8 Å². The smallest absolute Gasteiger partial charge is 0.415 e. The maximum Gasteiger partial charge on any atom is 0.415 e. The number of nitrogens with zero attached hydrogens (tertiary/aromatic N) is 4. The van der Waals surface area contributed by atoms with Gasteiger partial charge in [-0.25, -0.2) is 9.78 Å². The second kappa shape index (κ2) is 8.34. The monoisotopic (exact) mass is 422 g/mol. The molecule has 0 saturated carbocycles. The zero-order chi connectivity index (χ0) is 22.0. The van der Waals surface area contributed by atoms with Gasteiger partial charge in [0.2, 0.25) is 0 Å². The number of para-hydroxylation sites is 2. The Morgan fingerprint density at radius 1 is 1.26 bits per heavy atom. The van der Waals surface area contributed by atoms with Crippen molar-refractivity contribution in [1.29, 1.82) is 0 Å². The molecule has 10 heteroatoms. The fourth-order valence-corrected chi connectivity index (χ4v) is 3.39. The highest BCUT2D eigenvalue weighted by atomic mass is 16.6. The topological polar surface area (TPSA) is 136 Å². The summed E-state index contributed by atoms with van der Waals surface area (Å²) in [6.45, 7) is 0.703. The van der Waals surface area contributed by atoms with Crippen LogP contribution in [0.1, 0.15) is 16.8 Å². The molecule has 4 rings (SSSR count). The number of amides is 2. The average molecular weight is 422 g/mol. The highest BCUT2D eigenvalue weighted by Gasteiger charge is 2.29. The molecule has 3 heterocycles. The van der Waals surface area contributed by atoms with E-state index in [0.717, 1.165) is 11.1 Å². The third-order valence-electron chi connectivity index (χ3n) is 5.05. The molecule has 160 valence electrons. The normalized spacial score (nSPS) is 15.6. The van der Waals surface area contributed by atoms with Gasteiger partial charge in [0.15, 0.2) is 11.5 Å². The summed E-state index contributed by atoms with van der Waals surface area (Å²) >= 11 is 0. The number of phenolic OH excluding ortho intramolecular Hbond substituents is 1. The van der Waals surface area contributed by atoms with E-state index in [9.17, 15) is 14.7 Å². The lowest BCUT2D eigenvalue weighted by Crippen LogP contribution is -2.39. The van der Waals surface area contributed by atoms with Gasteiger partial charge in [-0.15, -0.1) is 0 Å². The first kappa shape index (κ1) is 20.2. The van der Waals surface area contributed by atoms with Gasteiger partial charge in [0.1, 0.15) is 5.82 Å². The highest BCUT2D eigenvalue weighted by Crippen LogP contribution is 2.26. The van der Waals surface area contributed by atoms with Crippen LogP contribution in [0.25, 0.3) is 11.1 Å². The number of phenols is 1. The molecule has 0 aliphatic carbocycles. The van der Waals surface area contributed by atoms with Gasteiger partial charge >= 0.3 is 6.09 Å². The number of ether oxygens (including phenoxy) is 1. The first-order chi connectivity index (χ1) is 14.9. The largest absolute Gasteiger partial charge is 0.504 e. The second-order valence-electron chi connectivity index (χ2n) is 7.30. The number of anilines is 1. The van der Waals surface area contributed by atoms with Crippen LogP contribution in [0.15, 0.2) is 48.9 Å². The number of benzene rings is 1. The zero-order valence-electron chi connectivity index (χ0n) is 16.9. The molecule has 1 aliphatic heterocycles. The van der Waals surface area contributed by atoms with E-state index in [4.69, 9.17) is 10.5 Å². The summed E-state index contributed by atoms with van der Waals surface area (Å²) in [5.74, 6) is -0.266. The summed E-state index contributed by atoms with van der Waals surface area (Å²) in [5.41, 5.74) is 7.73. The highest BCUT2D eigenvalue weighted by molar-refractivity contribution is 5.99. The van der Waals surface area contributed by atoms with Gasteiger partial charge in [0, 0.05) is 49.7 Å². The fourth-order valence-electron chi connectivity index (χ4n) is 3.39. The molecule has 31 heavy (non-hydrogen) atoms. The quantitative estimate of drug-likeness (QED) is 0.583. The molecular weight excluding hydrogens is 400 g/mol. The van der Waals surface area contributed by atoms with Gasteiger partial charge in [0.05, 0.1) is 11.8 Å². The molecule has 1 aromatic carbocycles. The maximum atomic E-state index is 12.8. The number of hydrogen-bond donors (Lipinski definition) is 3. The maximum absolute atomic E-state index is 12.8. The fraction of sp³-hybridized carbons (Fsp3) is 0.238. The van der Waals surface area contributed by atoms with Gasteiger partial charge in [-0.2, -0.15) is 5.10 Å². The summed E-state index contributed by atoms with van der Waals surface area (Å²) in [5, 5.41) is 16.8. The molecule has 1 fully saturated rings. The van der Waals surface area contributed by atoms with Crippen molar-refractivity contribution in [3.8, 4) is 22.6 Å². The summed E-state index contributed by atoms with van der Waals surface area (Å²) < 4.78 is 6.90. The number of nitrogen functional groups attached to an aromatic ring is 1. The molecule has 2 aromatic heterocycles. The van der Waals surface area contributed by atoms with Crippen molar-refractivity contribution in [2.75, 3.05) is 18.8 Å². The Labute approximate surface area is 178 Å². The minimum absolute atomic E-state index is 0.0889. The van der Waals surface area contributed by atoms with Crippen LogP contribution in [0.2, 0.25) is 0 Å². The molecule has 0 radical (unpaired) electrons. The van der Waals surface area contributed by atoms with E-state index >= 15 is 0 Å². The lowest BCUT2D eigenvalue weighted by atomic mass is 10.1. The van der Waals surface area contributed by atoms with Crippen LogP contribution in [-0.4, -0.2) is 55.9 Å². The molecule has 0 unspecified atom stereocenters.